The summed E-state index contributed by atoms with van der Waals surface area (Å²) in [4.78, 5) is 30.3. The van der Waals surface area contributed by atoms with Gasteiger partial charge in [-0.15, -0.1) is 11.3 Å². The van der Waals surface area contributed by atoms with Crippen LogP contribution in [0.2, 0.25) is 0 Å². The van der Waals surface area contributed by atoms with Crippen LogP contribution in [0.4, 0.5) is 10.8 Å². The highest BCUT2D eigenvalue weighted by atomic mass is 32.1. The SMILES string of the molecule is CC(=O)N(c1nc(COC(=O)C2=COCCO2)cs1)c1c(C)cccc1C. The van der Waals surface area contributed by atoms with Gasteiger partial charge in [-0.05, 0) is 25.0 Å². The van der Waals surface area contributed by atoms with Crippen molar-refractivity contribution >= 4 is 34.0 Å². The zero-order valence-electron chi connectivity index (χ0n) is 15.4. The summed E-state index contributed by atoms with van der Waals surface area (Å²) in [5.74, 6) is -0.705. The molecule has 0 atom stereocenters. The molecule has 0 saturated carbocycles. The van der Waals surface area contributed by atoms with Crippen molar-refractivity contribution in [2.75, 3.05) is 18.1 Å². The summed E-state index contributed by atoms with van der Waals surface area (Å²) in [7, 11) is 0. The number of benzene rings is 1. The summed E-state index contributed by atoms with van der Waals surface area (Å²) in [5.41, 5.74) is 3.34. The molecule has 0 fully saturated rings. The number of rotatable bonds is 5. The van der Waals surface area contributed by atoms with Crippen LogP contribution >= 0.6 is 11.3 Å². The highest BCUT2D eigenvalue weighted by Gasteiger charge is 2.22. The van der Waals surface area contributed by atoms with Gasteiger partial charge in [0.05, 0.1) is 11.4 Å². The average molecular weight is 388 g/mol. The first-order chi connectivity index (χ1) is 13.0. The highest BCUT2D eigenvalue weighted by molar-refractivity contribution is 7.14. The molecule has 2 aromatic rings. The topological polar surface area (TPSA) is 78.0 Å². The third-order valence-electron chi connectivity index (χ3n) is 3.91. The van der Waals surface area contributed by atoms with Crippen molar-refractivity contribution in [1.82, 2.24) is 4.98 Å². The lowest BCUT2D eigenvalue weighted by molar-refractivity contribution is -0.146. The number of thiazole rings is 1. The van der Waals surface area contributed by atoms with Crippen molar-refractivity contribution in [2.24, 2.45) is 0 Å². The van der Waals surface area contributed by atoms with Gasteiger partial charge in [0, 0.05) is 12.3 Å². The number of aryl methyl sites for hydroxylation is 2. The number of carbonyl (C=O) groups excluding carboxylic acids is 2. The van der Waals surface area contributed by atoms with Crippen LogP contribution in [0.15, 0.2) is 35.6 Å². The fourth-order valence-electron chi connectivity index (χ4n) is 2.70. The number of hydrogen-bond donors (Lipinski definition) is 0. The summed E-state index contributed by atoms with van der Waals surface area (Å²) < 4.78 is 15.4. The van der Waals surface area contributed by atoms with Gasteiger partial charge < -0.3 is 14.2 Å². The normalized spacial score (nSPS) is 13.2. The van der Waals surface area contributed by atoms with Gasteiger partial charge in [-0.1, -0.05) is 18.2 Å². The van der Waals surface area contributed by atoms with Crippen molar-refractivity contribution in [3.05, 3.63) is 52.4 Å². The summed E-state index contributed by atoms with van der Waals surface area (Å²) in [6, 6.07) is 5.86. The van der Waals surface area contributed by atoms with Gasteiger partial charge in [0.2, 0.25) is 11.7 Å². The lowest BCUT2D eigenvalue weighted by Gasteiger charge is -2.22. The molecule has 3 rings (SSSR count). The van der Waals surface area contributed by atoms with Gasteiger partial charge in [-0.3, -0.25) is 9.69 Å². The Hall–Kier alpha value is -2.87. The smallest absolute Gasteiger partial charge is 0.377 e. The van der Waals surface area contributed by atoms with Crippen LogP contribution in [0.1, 0.15) is 23.7 Å². The molecule has 1 amide bonds. The summed E-state index contributed by atoms with van der Waals surface area (Å²) >= 11 is 1.32. The quantitative estimate of drug-likeness (QED) is 0.731. The van der Waals surface area contributed by atoms with Crippen molar-refractivity contribution in [3.8, 4) is 0 Å². The standard InChI is InChI=1S/C19H20N2O5S/c1-12-5-4-6-13(2)17(12)21(14(3)22)19-20-15(11-27-19)9-26-18(23)16-10-24-7-8-25-16/h4-6,10-11H,7-9H2,1-3H3. The fourth-order valence-corrected chi connectivity index (χ4v) is 3.55. The van der Waals surface area contributed by atoms with Crippen molar-refractivity contribution in [2.45, 2.75) is 27.4 Å². The number of esters is 1. The van der Waals surface area contributed by atoms with Crippen LogP contribution in [0, 0.1) is 13.8 Å². The van der Waals surface area contributed by atoms with Gasteiger partial charge >= 0.3 is 5.97 Å². The van der Waals surface area contributed by atoms with Crippen LogP contribution in [0.5, 0.6) is 0 Å². The molecule has 1 aromatic heterocycles. The molecule has 8 heteroatoms. The van der Waals surface area contributed by atoms with Gasteiger partial charge in [-0.2, -0.15) is 0 Å². The van der Waals surface area contributed by atoms with Crippen LogP contribution in [-0.4, -0.2) is 30.1 Å². The second-order valence-corrected chi connectivity index (χ2v) is 6.83. The first-order valence-electron chi connectivity index (χ1n) is 8.40. The number of ether oxygens (including phenoxy) is 3. The van der Waals surface area contributed by atoms with E-state index in [0.29, 0.717) is 24.0 Å². The Bertz CT molecular complexity index is 870. The average Bonchev–Trinajstić information content (AvgIpc) is 3.11. The molecule has 0 saturated heterocycles. The maximum absolute atomic E-state index is 12.3. The molecule has 0 bridgehead atoms. The lowest BCUT2D eigenvalue weighted by atomic mass is 10.1. The van der Waals surface area contributed by atoms with E-state index in [0.717, 1.165) is 16.8 Å². The molecule has 2 heterocycles. The van der Waals surface area contributed by atoms with Crippen LogP contribution in [-0.2, 0) is 30.4 Å². The lowest BCUT2D eigenvalue weighted by Crippen LogP contribution is -2.24. The Morgan fingerprint density at radius 3 is 2.63 bits per heavy atom. The second-order valence-electron chi connectivity index (χ2n) is 5.99. The molecule has 27 heavy (non-hydrogen) atoms. The maximum atomic E-state index is 12.3. The van der Waals surface area contributed by atoms with Crippen LogP contribution in [0.3, 0.4) is 0 Å². The van der Waals surface area contributed by atoms with E-state index in [4.69, 9.17) is 14.2 Å². The predicted octanol–water partition coefficient (Wildman–Crippen LogP) is 3.38. The molecule has 0 aliphatic carbocycles. The molecular formula is C19H20N2O5S. The number of aromatic nitrogens is 1. The minimum absolute atomic E-state index is 0.0193. The van der Waals surface area contributed by atoms with E-state index < -0.39 is 5.97 Å². The van der Waals surface area contributed by atoms with E-state index in [1.165, 1.54) is 24.5 Å². The first-order valence-corrected chi connectivity index (χ1v) is 9.28. The van der Waals surface area contributed by atoms with Crippen molar-refractivity contribution in [3.63, 3.8) is 0 Å². The molecule has 7 nitrogen and oxygen atoms in total. The molecule has 1 aliphatic rings. The highest BCUT2D eigenvalue weighted by Crippen LogP contribution is 2.33. The van der Waals surface area contributed by atoms with E-state index >= 15 is 0 Å². The number of anilines is 2. The summed E-state index contributed by atoms with van der Waals surface area (Å²) in [6.45, 7) is 6.11. The molecule has 0 unspecified atom stereocenters. The van der Waals surface area contributed by atoms with Crippen LogP contribution in [0.25, 0.3) is 0 Å². The molecule has 1 aliphatic heterocycles. The van der Waals surface area contributed by atoms with Gasteiger partial charge in [0.15, 0.2) is 5.13 Å². The molecule has 0 radical (unpaired) electrons. The number of para-hydroxylation sites is 1. The first kappa shape index (κ1) is 18.9. The molecule has 0 spiro atoms. The number of hydrogen-bond acceptors (Lipinski definition) is 7. The maximum Gasteiger partial charge on any atom is 0.377 e. The fraction of sp³-hybridized carbons (Fsp3) is 0.316. The Kier molecular flexibility index (Phi) is 5.75. The number of carbonyl (C=O) groups is 2. The monoisotopic (exact) mass is 388 g/mol. The van der Waals surface area contributed by atoms with Crippen molar-refractivity contribution in [1.29, 1.82) is 0 Å². The van der Waals surface area contributed by atoms with E-state index in [1.54, 1.807) is 10.3 Å². The Morgan fingerprint density at radius 1 is 1.26 bits per heavy atom. The van der Waals surface area contributed by atoms with E-state index in [1.807, 2.05) is 32.0 Å². The van der Waals surface area contributed by atoms with Crippen molar-refractivity contribution < 1.29 is 23.8 Å². The predicted molar refractivity (Wildman–Crippen MR) is 101 cm³/mol. The Balaban J connectivity index is 1.76. The minimum atomic E-state index is -0.609. The van der Waals surface area contributed by atoms with E-state index in [2.05, 4.69) is 4.98 Å². The van der Waals surface area contributed by atoms with E-state index in [-0.39, 0.29) is 18.3 Å². The largest absolute Gasteiger partial charge is 0.493 e. The summed E-state index contributed by atoms with van der Waals surface area (Å²) in [5, 5.41) is 2.29. The van der Waals surface area contributed by atoms with Gasteiger partial charge in [-0.25, -0.2) is 9.78 Å². The zero-order chi connectivity index (χ0) is 19.4. The molecular weight excluding hydrogens is 368 g/mol. The van der Waals surface area contributed by atoms with Gasteiger partial charge in [0.1, 0.15) is 26.1 Å². The zero-order valence-corrected chi connectivity index (χ0v) is 16.2. The summed E-state index contributed by atoms with van der Waals surface area (Å²) in [6.07, 6.45) is 1.25. The van der Waals surface area contributed by atoms with Crippen LogP contribution < -0.4 is 4.90 Å². The minimum Gasteiger partial charge on any atom is -0.493 e. The number of amides is 1. The Labute approximate surface area is 161 Å². The van der Waals surface area contributed by atoms with E-state index in [9.17, 15) is 9.59 Å². The molecule has 0 N–H and O–H groups in total. The Morgan fingerprint density at radius 2 is 2.00 bits per heavy atom. The third kappa shape index (κ3) is 4.28. The number of nitrogens with zero attached hydrogens (tertiary/aromatic N) is 2. The third-order valence-corrected chi connectivity index (χ3v) is 4.78. The second kappa shape index (κ2) is 8.22. The molecule has 1 aromatic carbocycles. The molecule has 142 valence electrons. The van der Waals surface area contributed by atoms with Gasteiger partial charge in [0.25, 0.3) is 0 Å².